The van der Waals surface area contributed by atoms with Gasteiger partial charge in [-0.15, -0.1) is 0 Å². The number of nitrogens with zero attached hydrogens (tertiary/aromatic N) is 1. The van der Waals surface area contributed by atoms with Gasteiger partial charge in [0, 0.05) is 61.2 Å². The van der Waals surface area contributed by atoms with Crippen molar-refractivity contribution >= 4 is 40.8 Å². The van der Waals surface area contributed by atoms with Crippen molar-refractivity contribution in [1.29, 1.82) is 0 Å². The van der Waals surface area contributed by atoms with Crippen LogP contribution in [-0.2, 0) is 9.13 Å². The molecule has 1 aromatic heterocycles. The first-order valence-corrected chi connectivity index (χ1v) is 23.8. The van der Waals surface area contributed by atoms with Crippen molar-refractivity contribution in [2.75, 3.05) is 0 Å². The molecule has 1 unspecified atom stereocenters. The zero-order valence-electron chi connectivity index (χ0n) is 35.2. The summed E-state index contributed by atoms with van der Waals surface area (Å²) >= 11 is 0. The molecule has 7 aromatic carbocycles. The van der Waals surface area contributed by atoms with E-state index in [0.29, 0.717) is 46.3 Å². The SMILES string of the molecule is C=C(F)/C=C(\C=C(/C)F)P(=O)(c1ccc(-c2cc(-c3ccc(-c4ccccc4)cc3)cc(-c3ccc(P(=O)(c4cc(F)cc(F)c4)c4cc(F)cc(F)c4)cc3)n2)cc1)c1cc(F)cc(F)c1. The number of hydrogen-bond acceptors (Lipinski definition) is 3. The third-order valence-electron chi connectivity index (χ3n) is 10.9. The third kappa shape index (κ3) is 9.85. The normalized spacial score (nSPS) is 13.0. The van der Waals surface area contributed by atoms with Crippen molar-refractivity contribution in [3.63, 3.8) is 0 Å². The quantitative estimate of drug-likeness (QED) is 0.0696. The van der Waals surface area contributed by atoms with Crippen LogP contribution in [0.1, 0.15) is 6.92 Å². The molecule has 0 amide bonds. The van der Waals surface area contributed by atoms with E-state index in [1.807, 2.05) is 54.6 Å². The van der Waals surface area contributed by atoms with E-state index in [4.69, 9.17) is 4.98 Å². The van der Waals surface area contributed by atoms with E-state index < -0.39 is 66.2 Å². The van der Waals surface area contributed by atoms with Crippen molar-refractivity contribution in [2.24, 2.45) is 0 Å². The summed E-state index contributed by atoms with van der Waals surface area (Å²) in [5.41, 5.74) is 5.10. The number of pyridine rings is 1. The van der Waals surface area contributed by atoms with Gasteiger partial charge < -0.3 is 9.13 Å². The molecule has 0 aliphatic rings. The largest absolute Gasteiger partial charge is 0.309 e. The molecule has 0 radical (unpaired) electrons. The van der Waals surface area contributed by atoms with Crippen LogP contribution in [0.25, 0.3) is 44.8 Å². The van der Waals surface area contributed by atoms with Gasteiger partial charge in [0.25, 0.3) is 0 Å². The van der Waals surface area contributed by atoms with Gasteiger partial charge in [-0.2, -0.15) is 0 Å². The highest BCUT2D eigenvalue weighted by Gasteiger charge is 2.34. The summed E-state index contributed by atoms with van der Waals surface area (Å²) in [5, 5.41) is -1.42. The highest BCUT2D eigenvalue weighted by atomic mass is 31.2. The average Bonchev–Trinajstić information content (AvgIpc) is 3.30. The first kappa shape index (κ1) is 46.3. The predicted octanol–water partition coefficient (Wildman–Crippen LogP) is 13.8. The van der Waals surface area contributed by atoms with Crippen LogP contribution in [0.4, 0.5) is 35.1 Å². The van der Waals surface area contributed by atoms with E-state index >= 15 is 9.13 Å². The molecule has 1 heterocycles. The Labute approximate surface area is 380 Å². The van der Waals surface area contributed by atoms with Crippen LogP contribution in [0.15, 0.2) is 206 Å². The number of hydrogen-bond donors (Lipinski definition) is 0. The van der Waals surface area contributed by atoms with Gasteiger partial charge in [0.2, 0.25) is 0 Å². The Morgan fingerprint density at radius 3 is 1.22 bits per heavy atom. The molecule has 1 atom stereocenters. The monoisotopic (exact) mass is 943 g/mol. The van der Waals surface area contributed by atoms with Crippen molar-refractivity contribution in [3.05, 3.63) is 240 Å². The Morgan fingerprint density at radius 1 is 0.433 bits per heavy atom. The second-order valence-corrected chi connectivity index (χ2v) is 21.0. The molecule has 8 rings (SSSR count). The van der Waals surface area contributed by atoms with Crippen LogP contribution in [-0.4, -0.2) is 4.98 Å². The van der Waals surface area contributed by atoms with Gasteiger partial charge in [-0.1, -0.05) is 110 Å². The zero-order valence-corrected chi connectivity index (χ0v) is 37.0. The fourth-order valence-corrected chi connectivity index (χ4v) is 13.2. The van der Waals surface area contributed by atoms with Crippen LogP contribution < -0.4 is 26.5 Å². The molecule has 0 aliphatic heterocycles. The van der Waals surface area contributed by atoms with Gasteiger partial charge >= 0.3 is 0 Å². The highest BCUT2D eigenvalue weighted by Crippen LogP contribution is 2.54. The third-order valence-corrected chi connectivity index (χ3v) is 16.8. The molecule has 0 spiro atoms. The summed E-state index contributed by atoms with van der Waals surface area (Å²) in [7, 11) is -8.70. The topological polar surface area (TPSA) is 47.0 Å². The summed E-state index contributed by atoms with van der Waals surface area (Å²) in [6.07, 6.45) is 1.57. The molecular formula is C54H35F8NO2P2. The Morgan fingerprint density at radius 2 is 0.806 bits per heavy atom. The molecule has 0 saturated heterocycles. The lowest BCUT2D eigenvalue weighted by molar-refractivity contribution is 0.578. The Balaban J connectivity index is 1.27. The van der Waals surface area contributed by atoms with Crippen LogP contribution in [0.5, 0.6) is 0 Å². The minimum atomic E-state index is -4.39. The van der Waals surface area contributed by atoms with Gasteiger partial charge in [0.05, 0.1) is 17.2 Å². The fraction of sp³-hybridized carbons (Fsp3) is 0.0185. The van der Waals surface area contributed by atoms with Gasteiger partial charge in [0.1, 0.15) is 40.7 Å². The van der Waals surface area contributed by atoms with Crippen molar-refractivity contribution in [1.82, 2.24) is 4.98 Å². The van der Waals surface area contributed by atoms with Gasteiger partial charge in [0.15, 0.2) is 14.3 Å². The zero-order chi connectivity index (χ0) is 47.6. The molecule has 13 heteroatoms. The number of benzene rings is 7. The molecular weight excluding hydrogens is 909 g/mol. The maximum absolute atomic E-state index is 15.2. The van der Waals surface area contributed by atoms with E-state index in [1.54, 1.807) is 36.4 Å². The number of rotatable bonds is 12. The average molecular weight is 944 g/mol. The highest BCUT2D eigenvalue weighted by molar-refractivity contribution is 7.85. The summed E-state index contributed by atoms with van der Waals surface area (Å²) in [6.45, 7) is 4.24. The summed E-state index contributed by atoms with van der Waals surface area (Å²) in [6, 6.07) is 39.8. The second-order valence-electron chi connectivity index (χ2n) is 15.5. The maximum atomic E-state index is 15.2. The summed E-state index contributed by atoms with van der Waals surface area (Å²) in [4.78, 5) is 4.94. The molecule has 67 heavy (non-hydrogen) atoms. The Kier molecular flexibility index (Phi) is 13.1. The molecule has 334 valence electrons. The van der Waals surface area contributed by atoms with E-state index in [9.17, 15) is 35.1 Å². The summed E-state index contributed by atoms with van der Waals surface area (Å²) in [5.74, 6) is -8.20. The first-order chi connectivity index (χ1) is 32.0. The molecule has 0 bridgehead atoms. The lowest BCUT2D eigenvalue weighted by atomic mass is 9.97. The van der Waals surface area contributed by atoms with Crippen LogP contribution in [0, 0.1) is 34.9 Å². The minimum absolute atomic E-state index is 0.0138. The lowest BCUT2D eigenvalue weighted by Gasteiger charge is -2.22. The van der Waals surface area contributed by atoms with Crippen molar-refractivity contribution in [2.45, 2.75) is 6.92 Å². The predicted molar refractivity (Wildman–Crippen MR) is 252 cm³/mol. The van der Waals surface area contributed by atoms with E-state index in [1.165, 1.54) is 24.3 Å². The lowest BCUT2D eigenvalue weighted by Crippen LogP contribution is -2.26. The second kappa shape index (κ2) is 19.0. The Hall–Kier alpha value is -7.19. The molecule has 3 nitrogen and oxygen atoms in total. The molecule has 0 saturated carbocycles. The van der Waals surface area contributed by atoms with Crippen LogP contribution in [0.2, 0.25) is 0 Å². The van der Waals surface area contributed by atoms with Gasteiger partial charge in [-0.25, -0.2) is 40.1 Å². The fourth-order valence-electron chi connectivity index (χ4n) is 7.81. The Bertz CT molecular complexity index is 3240. The molecule has 0 fully saturated rings. The molecule has 0 aliphatic carbocycles. The van der Waals surface area contributed by atoms with Crippen molar-refractivity contribution in [3.8, 4) is 44.8 Å². The standard InChI is InChI=1S/C54H35F8NO2P2/c1-33(55)20-49(21-34(2)56)66(64,50-27-41(57)24-42(58)28-50)47-16-12-38(13-17-47)53-22-40(37-10-8-36(9-11-37)35-6-4-3-5-7-35)23-54(63-53)39-14-18-48(19-15-39)67(65,51-29-43(59)25-44(60)30-51)52-31-45(61)26-46(62)32-52/h3-32H,1H2,2H3/b34-21+,49-20+. The maximum Gasteiger partial charge on any atom is 0.171 e. The number of halogens is 8. The first-order valence-electron chi connectivity index (χ1n) is 20.4. The minimum Gasteiger partial charge on any atom is -0.309 e. The van der Waals surface area contributed by atoms with E-state index in [2.05, 4.69) is 6.58 Å². The number of allylic oxidation sites excluding steroid dienone is 5. The van der Waals surface area contributed by atoms with Gasteiger partial charge in [-0.05, 0) is 89.9 Å². The molecule has 8 aromatic rings. The van der Waals surface area contributed by atoms with E-state index in [-0.39, 0.29) is 26.5 Å². The molecule has 0 N–H and O–H groups in total. The number of aromatic nitrogens is 1. The van der Waals surface area contributed by atoms with Crippen LogP contribution in [0.3, 0.4) is 0 Å². The van der Waals surface area contributed by atoms with Gasteiger partial charge in [-0.3, -0.25) is 0 Å². The van der Waals surface area contributed by atoms with E-state index in [0.717, 1.165) is 72.2 Å². The van der Waals surface area contributed by atoms with Crippen molar-refractivity contribution < 1.29 is 44.3 Å². The summed E-state index contributed by atoms with van der Waals surface area (Å²) < 4.78 is 147. The van der Waals surface area contributed by atoms with Crippen LogP contribution >= 0.6 is 14.3 Å². The smallest absolute Gasteiger partial charge is 0.171 e.